The molecule has 146 valence electrons. The summed E-state index contributed by atoms with van der Waals surface area (Å²) in [6.45, 7) is 0. The number of carbonyl (C=O) groups excluding carboxylic acids is 1. The highest BCUT2D eigenvalue weighted by Gasteiger charge is 2.24. The van der Waals surface area contributed by atoms with Crippen LogP contribution in [-0.4, -0.2) is 34.1 Å². The van der Waals surface area contributed by atoms with E-state index in [4.69, 9.17) is 5.73 Å². The summed E-state index contributed by atoms with van der Waals surface area (Å²) >= 11 is 0. The molecule has 0 bridgehead atoms. The first-order valence-electron chi connectivity index (χ1n) is 8.63. The summed E-state index contributed by atoms with van der Waals surface area (Å²) in [6, 6.07) is 8.35. The predicted molar refractivity (Wildman–Crippen MR) is 99.6 cm³/mol. The highest BCUT2D eigenvalue weighted by Crippen LogP contribution is 2.19. The highest BCUT2D eigenvalue weighted by molar-refractivity contribution is 5.88. The fraction of sp³-hybridized carbons (Fsp3) is 0.200. The van der Waals surface area contributed by atoms with Crippen molar-refractivity contribution in [2.45, 2.75) is 24.9 Å². The minimum absolute atomic E-state index is 0.196. The van der Waals surface area contributed by atoms with E-state index in [1.54, 1.807) is 6.20 Å². The van der Waals surface area contributed by atoms with Crippen LogP contribution in [0.5, 0.6) is 0 Å². The Hall–Kier alpha value is -3.26. The second kappa shape index (κ2) is 8.18. The molecule has 3 rings (SSSR count). The van der Waals surface area contributed by atoms with E-state index in [9.17, 15) is 23.5 Å². The fourth-order valence-electron chi connectivity index (χ4n) is 3.01. The molecule has 0 spiro atoms. The molecule has 8 heteroatoms. The molecule has 0 radical (unpaired) electrons. The van der Waals surface area contributed by atoms with Crippen LogP contribution >= 0.6 is 0 Å². The van der Waals surface area contributed by atoms with Gasteiger partial charge in [0.1, 0.15) is 6.04 Å². The number of H-pyrrole nitrogens is 1. The predicted octanol–water partition coefficient (Wildman–Crippen LogP) is 2.13. The fourth-order valence-corrected chi connectivity index (χ4v) is 3.01. The number of carbonyl (C=O) groups is 2. The summed E-state index contributed by atoms with van der Waals surface area (Å²) in [7, 11) is 0. The Balaban J connectivity index is 1.67. The Labute approximate surface area is 159 Å². The minimum atomic E-state index is -1.31. The molecule has 0 fully saturated rings. The van der Waals surface area contributed by atoms with Gasteiger partial charge in [-0.05, 0) is 35.7 Å². The summed E-state index contributed by atoms with van der Waals surface area (Å²) < 4.78 is 26.4. The summed E-state index contributed by atoms with van der Waals surface area (Å²) in [6.07, 6.45) is 1.78. The Bertz CT molecular complexity index is 1020. The lowest BCUT2D eigenvalue weighted by molar-refractivity contribution is -0.141. The van der Waals surface area contributed by atoms with Gasteiger partial charge in [-0.1, -0.05) is 24.3 Å². The zero-order valence-corrected chi connectivity index (χ0v) is 14.8. The molecule has 0 aliphatic heterocycles. The second-order valence-electron chi connectivity index (χ2n) is 6.52. The van der Waals surface area contributed by atoms with Crippen LogP contribution in [0, 0.1) is 11.6 Å². The van der Waals surface area contributed by atoms with Crippen molar-refractivity contribution in [3.05, 3.63) is 71.4 Å². The van der Waals surface area contributed by atoms with Crippen molar-refractivity contribution in [1.82, 2.24) is 10.3 Å². The van der Waals surface area contributed by atoms with Crippen molar-refractivity contribution in [2.24, 2.45) is 5.73 Å². The Kier molecular flexibility index (Phi) is 5.70. The number of halogens is 2. The number of nitrogens with one attached hydrogen (secondary N) is 2. The Morgan fingerprint density at radius 1 is 1.11 bits per heavy atom. The zero-order chi connectivity index (χ0) is 20.3. The lowest BCUT2D eigenvalue weighted by Gasteiger charge is -2.18. The number of aliphatic carboxylic acids is 1. The van der Waals surface area contributed by atoms with Gasteiger partial charge in [0.15, 0.2) is 11.6 Å². The van der Waals surface area contributed by atoms with E-state index in [2.05, 4.69) is 10.3 Å². The van der Waals surface area contributed by atoms with Gasteiger partial charge in [-0.15, -0.1) is 0 Å². The lowest BCUT2D eigenvalue weighted by Crippen LogP contribution is -2.50. The standard InChI is InChI=1S/C20H19F2N3O3/c21-14-6-5-11(7-15(14)22)8-18(20(27)28)25-19(26)16(23)9-12-10-24-17-4-2-1-3-13(12)17/h1-7,10,16,18,24H,8-9,23H2,(H,25,26)(H,27,28). The first-order valence-corrected chi connectivity index (χ1v) is 8.63. The third-order valence-electron chi connectivity index (χ3n) is 4.49. The van der Waals surface area contributed by atoms with Crippen molar-refractivity contribution in [2.75, 3.05) is 0 Å². The van der Waals surface area contributed by atoms with Crippen molar-refractivity contribution < 1.29 is 23.5 Å². The third-order valence-corrected chi connectivity index (χ3v) is 4.49. The van der Waals surface area contributed by atoms with Crippen LogP contribution in [-0.2, 0) is 22.4 Å². The van der Waals surface area contributed by atoms with Crippen molar-refractivity contribution in [3.8, 4) is 0 Å². The van der Waals surface area contributed by atoms with Gasteiger partial charge in [0.2, 0.25) is 5.91 Å². The average Bonchev–Trinajstić information content (AvgIpc) is 3.07. The van der Waals surface area contributed by atoms with E-state index < -0.39 is 35.6 Å². The van der Waals surface area contributed by atoms with E-state index in [-0.39, 0.29) is 18.4 Å². The van der Waals surface area contributed by atoms with Gasteiger partial charge in [0, 0.05) is 23.5 Å². The summed E-state index contributed by atoms with van der Waals surface area (Å²) in [5.41, 5.74) is 7.95. The molecule has 5 N–H and O–H groups in total. The monoisotopic (exact) mass is 387 g/mol. The summed E-state index contributed by atoms with van der Waals surface area (Å²) in [5, 5.41) is 12.7. The highest BCUT2D eigenvalue weighted by atomic mass is 19.2. The van der Waals surface area contributed by atoms with E-state index in [0.717, 1.165) is 28.6 Å². The summed E-state index contributed by atoms with van der Waals surface area (Å²) in [5.74, 6) is -4.04. The number of carboxylic acids is 1. The van der Waals surface area contributed by atoms with Gasteiger partial charge < -0.3 is 21.1 Å². The number of aromatic amines is 1. The van der Waals surface area contributed by atoms with Crippen LogP contribution in [0.15, 0.2) is 48.7 Å². The maximum Gasteiger partial charge on any atom is 0.326 e. The largest absolute Gasteiger partial charge is 0.480 e. The molecule has 0 aliphatic rings. The van der Waals surface area contributed by atoms with E-state index in [0.29, 0.717) is 0 Å². The first kappa shape index (κ1) is 19.5. The Morgan fingerprint density at radius 2 is 1.86 bits per heavy atom. The molecule has 0 saturated carbocycles. The number of hydrogen-bond donors (Lipinski definition) is 4. The number of aromatic nitrogens is 1. The van der Waals surface area contributed by atoms with E-state index in [1.807, 2.05) is 24.3 Å². The molecule has 0 aliphatic carbocycles. The van der Waals surface area contributed by atoms with Gasteiger partial charge in [0.25, 0.3) is 0 Å². The number of amides is 1. The molecule has 1 heterocycles. The van der Waals surface area contributed by atoms with Gasteiger partial charge in [-0.2, -0.15) is 0 Å². The van der Waals surface area contributed by atoms with Crippen LogP contribution in [0.2, 0.25) is 0 Å². The van der Waals surface area contributed by atoms with Crippen molar-refractivity contribution >= 4 is 22.8 Å². The van der Waals surface area contributed by atoms with Crippen LogP contribution in [0.4, 0.5) is 8.78 Å². The smallest absolute Gasteiger partial charge is 0.326 e. The molecule has 0 saturated heterocycles. The molecule has 1 aromatic heterocycles. The third kappa shape index (κ3) is 4.34. The number of rotatable bonds is 7. The Morgan fingerprint density at radius 3 is 2.57 bits per heavy atom. The van der Waals surface area contributed by atoms with Crippen LogP contribution in [0.1, 0.15) is 11.1 Å². The topological polar surface area (TPSA) is 108 Å². The zero-order valence-electron chi connectivity index (χ0n) is 14.8. The molecule has 1 amide bonds. The van der Waals surface area contributed by atoms with Crippen LogP contribution in [0.25, 0.3) is 10.9 Å². The SMILES string of the molecule is NC(Cc1c[nH]c2ccccc12)C(=O)NC(Cc1ccc(F)c(F)c1)C(=O)O. The van der Waals surface area contributed by atoms with Crippen LogP contribution in [0.3, 0.4) is 0 Å². The number of nitrogens with two attached hydrogens (primary N) is 1. The summed E-state index contributed by atoms with van der Waals surface area (Å²) in [4.78, 5) is 27.0. The average molecular weight is 387 g/mol. The first-order chi connectivity index (χ1) is 13.3. The van der Waals surface area contributed by atoms with Gasteiger partial charge in [-0.3, -0.25) is 4.79 Å². The molecule has 2 atom stereocenters. The quantitative estimate of drug-likeness (QED) is 0.498. The minimum Gasteiger partial charge on any atom is -0.480 e. The van der Waals surface area contributed by atoms with Crippen molar-refractivity contribution in [3.63, 3.8) is 0 Å². The molecule has 2 unspecified atom stereocenters. The van der Waals surface area contributed by atoms with E-state index >= 15 is 0 Å². The van der Waals surface area contributed by atoms with E-state index in [1.165, 1.54) is 6.07 Å². The molecule has 28 heavy (non-hydrogen) atoms. The molecule has 3 aromatic rings. The lowest BCUT2D eigenvalue weighted by atomic mass is 10.0. The second-order valence-corrected chi connectivity index (χ2v) is 6.52. The number of para-hydroxylation sites is 1. The molecule has 6 nitrogen and oxygen atoms in total. The molecular formula is C20H19F2N3O3. The molecular weight excluding hydrogens is 368 g/mol. The number of carboxylic acid groups (broad SMARTS) is 1. The van der Waals surface area contributed by atoms with Gasteiger partial charge in [0.05, 0.1) is 6.04 Å². The van der Waals surface area contributed by atoms with Crippen molar-refractivity contribution in [1.29, 1.82) is 0 Å². The maximum absolute atomic E-state index is 13.3. The van der Waals surface area contributed by atoms with Gasteiger partial charge >= 0.3 is 5.97 Å². The number of benzene rings is 2. The normalized spacial score (nSPS) is 13.2. The van der Waals surface area contributed by atoms with Gasteiger partial charge in [-0.25, -0.2) is 13.6 Å². The van der Waals surface area contributed by atoms with Crippen LogP contribution < -0.4 is 11.1 Å². The maximum atomic E-state index is 13.3. The number of hydrogen-bond acceptors (Lipinski definition) is 3. The number of fused-ring (bicyclic) bond motifs is 1. The molecule has 2 aromatic carbocycles.